The van der Waals surface area contributed by atoms with E-state index in [1.165, 1.54) is 4.90 Å². The molecule has 27 heavy (non-hydrogen) atoms. The maximum atomic E-state index is 12.5. The normalized spacial score (nSPS) is 18.6. The first kappa shape index (κ1) is 19.0. The summed E-state index contributed by atoms with van der Waals surface area (Å²) in [5, 5.41) is 8.86. The minimum absolute atomic E-state index is 0.0572. The molecule has 7 heteroatoms. The van der Waals surface area contributed by atoms with E-state index in [0.29, 0.717) is 24.0 Å². The Morgan fingerprint density at radius 3 is 2.59 bits per heavy atom. The Morgan fingerprint density at radius 2 is 1.93 bits per heavy atom. The van der Waals surface area contributed by atoms with Crippen LogP contribution < -0.4 is 4.74 Å². The molecule has 0 radical (unpaired) electrons. The van der Waals surface area contributed by atoms with Gasteiger partial charge in [-0.05, 0) is 31.2 Å². The van der Waals surface area contributed by atoms with E-state index in [4.69, 9.17) is 4.74 Å². The van der Waals surface area contributed by atoms with Crippen molar-refractivity contribution in [1.29, 1.82) is 0 Å². The number of amides is 1. The Bertz CT molecular complexity index is 837. The third kappa shape index (κ3) is 5.10. The van der Waals surface area contributed by atoms with Gasteiger partial charge in [-0.2, -0.15) is 0 Å². The number of carboxylic acids is 1. The molecule has 2 aromatic rings. The minimum Gasteiger partial charge on any atom is -0.492 e. The molecule has 1 amide bonds. The van der Waals surface area contributed by atoms with Gasteiger partial charge in [-0.3, -0.25) is 14.5 Å². The number of nitrogens with zero attached hydrogens (tertiary/aromatic N) is 2. The van der Waals surface area contributed by atoms with Gasteiger partial charge in [0.25, 0.3) is 0 Å². The second kappa shape index (κ2) is 8.73. The van der Waals surface area contributed by atoms with E-state index in [-0.39, 0.29) is 12.3 Å². The third-order valence-electron chi connectivity index (χ3n) is 4.00. The summed E-state index contributed by atoms with van der Waals surface area (Å²) < 4.78 is 5.71. The number of aryl methyl sites for hydroxylation is 1. The highest BCUT2D eigenvalue weighted by atomic mass is 32.2. The first-order chi connectivity index (χ1) is 13.0. The number of para-hydroxylation sites is 1. The van der Waals surface area contributed by atoms with Crippen molar-refractivity contribution in [2.75, 3.05) is 13.2 Å². The smallest absolute Gasteiger partial charge is 0.317 e. The van der Waals surface area contributed by atoms with Crippen molar-refractivity contribution in [3.05, 3.63) is 60.2 Å². The summed E-state index contributed by atoms with van der Waals surface area (Å²) >= 11 is 1.09. The van der Waals surface area contributed by atoms with Gasteiger partial charge in [-0.1, -0.05) is 47.7 Å². The van der Waals surface area contributed by atoms with Gasteiger partial charge in [0.2, 0.25) is 5.91 Å². The van der Waals surface area contributed by atoms with Gasteiger partial charge in [0, 0.05) is 0 Å². The van der Waals surface area contributed by atoms with Crippen LogP contribution in [0.3, 0.4) is 0 Å². The van der Waals surface area contributed by atoms with E-state index >= 15 is 0 Å². The lowest BCUT2D eigenvalue weighted by Crippen LogP contribution is -2.45. The van der Waals surface area contributed by atoms with E-state index in [1.54, 1.807) is 0 Å². The number of amidine groups is 1. The zero-order valence-corrected chi connectivity index (χ0v) is 15.7. The maximum Gasteiger partial charge on any atom is 0.317 e. The van der Waals surface area contributed by atoms with E-state index in [2.05, 4.69) is 4.99 Å². The van der Waals surface area contributed by atoms with Crippen LogP contribution in [0.25, 0.3) is 0 Å². The van der Waals surface area contributed by atoms with Crippen molar-refractivity contribution >= 4 is 34.5 Å². The monoisotopic (exact) mass is 384 g/mol. The molecule has 6 nitrogen and oxygen atoms in total. The molecule has 1 aliphatic heterocycles. The van der Waals surface area contributed by atoms with Gasteiger partial charge in [0.1, 0.15) is 17.6 Å². The molecule has 0 bridgehead atoms. The summed E-state index contributed by atoms with van der Waals surface area (Å²) in [7, 11) is 0. The van der Waals surface area contributed by atoms with E-state index in [1.807, 2.05) is 61.5 Å². The lowest BCUT2D eigenvalue weighted by Gasteiger charge is -2.30. The molecule has 1 saturated heterocycles. The molecule has 0 aliphatic carbocycles. The number of carbonyl (C=O) groups excluding carboxylic acids is 1. The Morgan fingerprint density at radius 1 is 1.22 bits per heavy atom. The molecule has 0 spiro atoms. The van der Waals surface area contributed by atoms with Crippen molar-refractivity contribution in [2.45, 2.75) is 18.6 Å². The molecule has 0 saturated carbocycles. The van der Waals surface area contributed by atoms with Crippen LogP contribution in [0.4, 0.5) is 5.69 Å². The van der Waals surface area contributed by atoms with Crippen LogP contribution in [0, 0.1) is 6.92 Å². The number of aliphatic imine (C=N–C) groups is 1. The summed E-state index contributed by atoms with van der Waals surface area (Å²) in [6.45, 7) is 2.59. The van der Waals surface area contributed by atoms with Crippen LogP contribution >= 0.6 is 11.8 Å². The minimum atomic E-state index is -1.01. The molecular formula is C20H20N2O4S. The average molecular weight is 384 g/mol. The summed E-state index contributed by atoms with van der Waals surface area (Å²) in [5.74, 6) is -0.546. The fraction of sp³-hybridized carbons (Fsp3) is 0.250. The number of hydrogen-bond donors (Lipinski definition) is 1. The Hall–Kier alpha value is -2.80. The Labute approximate surface area is 161 Å². The molecular weight excluding hydrogens is 364 g/mol. The number of carboxylic acid groups (broad SMARTS) is 1. The molecule has 1 fully saturated rings. The number of carbonyl (C=O) groups is 2. The summed E-state index contributed by atoms with van der Waals surface area (Å²) in [5.41, 5.74) is 1.81. The number of benzene rings is 2. The van der Waals surface area contributed by atoms with Crippen LogP contribution in [0.1, 0.15) is 12.0 Å². The zero-order chi connectivity index (χ0) is 19.2. The highest BCUT2D eigenvalue weighted by Crippen LogP contribution is 2.29. The van der Waals surface area contributed by atoms with Crippen LogP contribution in [-0.4, -0.2) is 45.5 Å². The Kier molecular flexibility index (Phi) is 6.13. The maximum absolute atomic E-state index is 12.5. The van der Waals surface area contributed by atoms with Gasteiger partial charge in [-0.15, -0.1) is 0 Å². The van der Waals surface area contributed by atoms with E-state index in [0.717, 1.165) is 23.1 Å². The number of rotatable bonds is 6. The van der Waals surface area contributed by atoms with Crippen molar-refractivity contribution in [1.82, 2.24) is 4.90 Å². The predicted molar refractivity (Wildman–Crippen MR) is 106 cm³/mol. The number of ether oxygens (including phenoxy) is 1. The van der Waals surface area contributed by atoms with Crippen molar-refractivity contribution in [3.63, 3.8) is 0 Å². The zero-order valence-electron chi connectivity index (χ0n) is 14.9. The standard InChI is InChI=1S/C20H20N2O4S/c1-14-7-9-16(10-8-14)26-12-11-22-18(23)13-17(19(24)25)27-20(22)21-15-5-3-2-4-6-15/h2-10,17H,11-13H2,1H3,(H,24,25)/t17-/m1/s1. The molecule has 2 aromatic carbocycles. The van der Waals surface area contributed by atoms with Crippen LogP contribution in [0.15, 0.2) is 59.6 Å². The number of aliphatic carboxylic acids is 1. The average Bonchev–Trinajstić information content (AvgIpc) is 2.66. The van der Waals surface area contributed by atoms with Crippen LogP contribution in [0.5, 0.6) is 5.75 Å². The first-order valence-corrected chi connectivity index (χ1v) is 9.44. The van der Waals surface area contributed by atoms with Crippen molar-refractivity contribution in [2.24, 2.45) is 4.99 Å². The summed E-state index contributed by atoms with van der Waals surface area (Å²) in [6, 6.07) is 16.8. The first-order valence-electron chi connectivity index (χ1n) is 8.56. The predicted octanol–water partition coefficient (Wildman–Crippen LogP) is 3.48. The fourth-order valence-corrected chi connectivity index (χ4v) is 3.61. The summed E-state index contributed by atoms with van der Waals surface area (Å²) in [6.07, 6.45) is -0.0572. The second-order valence-corrected chi connectivity index (χ2v) is 7.26. The van der Waals surface area contributed by atoms with Gasteiger partial charge in [0.05, 0.1) is 18.7 Å². The Balaban J connectivity index is 1.73. The highest BCUT2D eigenvalue weighted by molar-refractivity contribution is 8.15. The van der Waals surface area contributed by atoms with Gasteiger partial charge in [0.15, 0.2) is 5.17 Å². The van der Waals surface area contributed by atoms with Crippen LogP contribution in [0.2, 0.25) is 0 Å². The lowest BCUT2D eigenvalue weighted by molar-refractivity contribution is -0.139. The molecule has 140 valence electrons. The van der Waals surface area contributed by atoms with Crippen LogP contribution in [-0.2, 0) is 9.59 Å². The van der Waals surface area contributed by atoms with Gasteiger partial charge in [-0.25, -0.2) is 4.99 Å². The molecule has 1 heterocycles. The molecule has 1 aliphatic rings. The van der Waals surface area contributed by atoms with Crippen molar-refractivity contribution < 1.29 is 19.4 Å². The highest BCUT2D eigenvalue weighted by Gasteiger charge is 2.35. The molecule has 0 aromatic heterocycles. The quantitative estimate of drug-likeness (QED) is 0.825. The molecule has 1 N–H and O–H groups in total. The molecule has 0 unspecified atom stereocenters. The van der Waals surface area contributed by atoms with E-state index in [9.17, 15) is 14.7 Å². The topological polar surface area (TPSA) is 79.2 Å². The number of thioether (sulfide) groups is 1. The number of hydrogen-bond acceptors (Lipinski definition) is 5. The SMILES string of the molecule is Cc1ccc(OCCN2C(=O)C[C@H](C(=O)O)SC2=Nc2ccccc2)cc1. The van der Waals surface area contributed by atoms with Gasteiger partial charge < -0.3 is 9.84 Å². The van der Waals surface area contributed by atoms with Crippen molar-refractivity contribution in [3.8, 4) is 5.75 Å². The third-order valence-corrected chi connectivity index (χ3v) is 5.18. The van der Waals surface area contributed by atoms with E-state index < -0.39 is 11.2 Å². The largest absolute Gasteiger partial charge is 0.492 e. The fourth-order valence-electron chi connectivity index (χ4n) is 2.56. The lowest BCUT2D eigenvalue weighted by atomic mass is 10.2. The summed E-state index contributed by atoms with van der Waals surface area (Å²) in [4.78, 5) is 29.9. The van der Waals surface area contributed by atoms with Gasteiger partial charge >= 0.3 is 5.97 Å². The molecule has 1 atom stereocenters. The molecule has 3 rings (SSSR count). The second-order valence-electron chi connectivity index (χ2n) is 6.09.